The van der Waals surface area contributed by atoms with Crippen molar-refractivity contribution in [3.05, 3.63) is 84.9 Å². The zero-order chi connectivity index (χ0) is 27.1. The molecular formula is C27H26F3N5O3. The molecule has 8 nitrogen and oxygen atoms in total. The van der Waals surface area contributed by atoms with E-state index in [1.54, 1.807) is 0 Å². The third kappa shape index (κ3) is 6.48. The normalized spacial score (nSPS) is 11.4. The fraction of sp³-hybridized carbons (Fsp3) is 0.222. The van der Waals surface area contributed by atoms with E-state index in [0.29, 0.717) is 12.4 Å². The summed E-state index contributed by atoms with van der Waals surface area (Å²) in [5.74, 6) is -2.29. The molecular weight excluding hydrogens is 499 g/mol. The second kappa shape index (κ2) is 11.8. The van der Waals surface area contributed by atoms with Gasteiger partial charge in [0.2, 0.25) is 0 Å². The molecule has 2 aromatic carbocycles. The number of alkyl halides is 3. The second-order valence-electron chi connectivity index (χ2n) is 8.42. The molecule has 0 aliphatic heterocycles. The Labute approximate surface area is 216 Å². The number of carboxylic acid groups (broad SMARTS) is 1. The van der Waals surface area contributed by atoms with Crippen molar-refractivity contribution in [2.45, 2.75) is 25.6 Å². The van der Waals surface area contributed by atoms with Crippen LogP contribution in [0.5, 0.6) is 0 Å². The van der Waals surface area contributed by atoms with Gasteiger partial charge in [-0.3, -0.25) is 0 Å². The Bertz CT molecular complexity index is 1500. The van der Waals surface area contributed by atoms with Gasteiger partial charge in [0.15, 0.2) is 5.82 Å². The Kier molecular flexibility index (Phi) is 8.27. The van der Waals surface area contributed by atoms with Crippen LogP contribution in [0.25, 0.3) is 27.6 Å². The zero-order valence-corrected chi connectivity index (χ0v) is 20.3. The maximum Gasteiger partial charge on any atom is 0.490 e. The van der Waals surface area contributed by atoms with Crippen molar-refractivity contribution in [2.24, 2.45) is 0 Å². The lowest BCUT2D eigenvalue weighted by Gasteiger charge is -2.09. The number of carboxylic acids is 1. The topological polar surface area (TPSA) is 108 Å². The minimum absolute atomic E-state index is 0.469. The molecule has 5 rings (SSSR count). The van der Waals surface area contributed by atoms with Gasteiger partial charge in [-0.1, -0.05) is 30.3 Å². The van der Waals surface area contributed by atoms with Gasteiger partial charge in [0.25, 0.3) is 0 Å². The number of aryl methyl sites for hydroxylation is 1. The highest BCUT2D eigenvalue weighted by Crippen LogP contribution is 2.26. The number of hydrogen-bond donors (Lipinski definition) is 2. The molecule has 0 saturated carbocycles. The Balaban J connectivity index is 0.000000426. The van der Waals surface area contributed by atoms with Crippen LogP contribution < -0.4 is 5.73 Å². The Hall–Kier alpha value is -4.38. The van der Waals surface area contributed by atoms with Gasteiger partial charge < -0.3 is 24.7 Å². The van der Waals surface area contributed by atoms with Crippen LogP contribution in [0.4, 0.5) is 19.0 Å². The van der Waals surface area contributed by atoms with Gasteiger partial charge in [0, 0.05) is 36.6 Å². The lowest BCUT2D eigenvalue weighted by Crippen LogP contribution is -2.21. The molecule has 0 fully saturated rings. The van der Waals surface area contributed by atoms with Crippen LogP contribution in [0.15, 0.2) is 79.4 Å². The molecule has 0 bridgehead atoms. The molecule has 0 radical (unpaired) electrons. The molecule has 198 valence electrons. The molecule has 38 heavy (non-hydrogen) atoms. The molecule has 0 spiro atoms. The van der Waals surface area contributed by atoms with Crippen LogP contribution in [0.2, 0.25) is 0 Å². The summed E-state index contributed by atoms with van der Waals surface area (Å²) in [4.78, 5) is 17.8. The van der Waals surface area contributed by atoms with E-state index in [9.17, 15) is 13.2 Å². The van der Waals surface area contributed by atoms with E-state index in [-0.39, 0.29) is 0 Å². The molecule has 0 unspecified atom stereocenters. The van der Waals surface area contributed by atoms with Crippen molar-refractivity contribution in [1.29, 1.82) is 0 Å². The number of hydrogen-bond acceptors (Lipinski definition) is 5. The van der Waals surface area contributed by atoms with E-state index in [0.717, 1.165) is 47.9 Å². The molecule has 11 heteroatoms. The first-order chi connectivity index (χ1) is 18.2. The number of carbonyl (C=O) groups is 1. The quantitative estimate of drug-likeness (QED) is 0.268. The van der Waals surface area contributed by atoms with Crippen molar-refractivity contribution in [3.63, 3.8) is 0 Å². The highest BCUT2D eigenvalue weighted by atomic mass is 19.4. The number of fused-ring (bicyclic) bond motifs is 3. The third-order valence-electron chi connectivity index (χ3n) is 5.79. The van der Waals surface area contributed by atoms with Gasteiger partial charge in [-0.05, 0) is 48.7 Å². The number of aromatic nitrogens is 4. The summed E-state index contributed by atoms with van der Waals surface area (Å²) in [6, 6.07) is 20.8. The van der Waals surface area contributed by atoms with Crippen molar-refractivity contribution in [2.75, 3.05) is 18.9 Å². The number of nitrogens with two attached hydrogens (primary N) is 1. The zero-order valence-electron chi connectivity index (χ0n) is 20.3. The maximum atomic E-state index is 10.6. The lowest BCUT2D eigenvalue weighted by atomic mass is 10.1. The fourth-order valence-electron chi connectivity index (χ4n) is 3.96. The van der Waals surface area contributed by atoms with Gasteiger partial charge in [-0.25, -0.2) is 14.8 Å². The van der Waals surface area contributed by atoms with E-state index in [2.05, 4.69) is 61.8 Å². The highest BCUT2D eigenvalue weighted by Gasteiger charge is 2.38. The number of nitrogen functional groups attached to an aromatic ring is 1. The minimum Gasteiger partial charge on any atom is -0.475 e. The van der Waals surface area contributed by atoms with Crippen molar-refractivity contribution < 1.29 is 27.8 Å². The molecule has 3 aromatic heterocycles. The Morgan fingerprint density at radius 2 is 1.68 bits per heavy atom. The summed E-state index contributed by atoms with van der Waals surface area (Å²) in [5, 5.41) is 8.19. The number of aliphatic carboxylic acids is 1. The Morgan fingerprint density at radius 3 is 2.37 bits per heavy atom. The second-order valence-corrected chi connectivity index (χ2v) is 8.42. The SMILES string of the molecule is Nc1nc2ccccc2c2c1ncn2CCOCCCc1ccc(-n2cccc2)cc1.O=C(O)C(F)(F)F. The first-order valence-electron chi connectivity index (χ1n) is 11.8. The number of imidazole rings is 1. The summed E-state index contributed by atoms with van der Waals surface area (Å²) < 4.78 is 41.9. The fourth-order valence-corrected chi connectivity index (χ4v) is 3.96. The number of nitrogens with zero attached hydrogens (tertiary/aromatic N) is 4. The van der Waals surface area contributed by atoms with Crippen LogP contribution in [0.3, 0.4) is 0 Å². The molecule has 3 N–H and O–H groups in total. The minimum atomic E-state index is -5.08. The van der Waals surface area contributed by atoms with E-state index < -0.39 is 12.1 Å². The van der Waals surface area contributed by atoms with Crippen molar-refractivity contribution in [1.82, 2.24) is 19.1 Å². The summed E-state index contributed by atoms with van der Waals surface area (Å²) >= 11 is 0. The molecule has 3 heterocycles. The average molecular weight is 526 g/mol. The summed E-state index contributed by atoms with van der Waals surface area (Å²) in [6.07, 6.45) is 2.85. The van der Waals surface area contributed by atoms with E-state index >= 15 is 0 Å². The van der Waals surface area contributed by atoms with Crippen LogP contribution in [-0.2, 0) is 22.5 Å². The van der Waals surface area contributed by atoms with Crippen LogP contribution >= 0.6 is 0 Å². The predicted molar refractivity (Wildman–Crippen MR) is 138 cm³/mol. The highest BCUT2D eigenvalue weighted by molar-refractivity contribution is 6.06. The number of benzene rings is 2. The number of anilines is 1. The van der Waals surface area contributed by atoms with Crippen molar-refractivity contribution >= 4 is 33.7 Å². The summed E-state index contributed by atoms with van der Waals surface area (Å²) in [5.41, 5.74) is 11.3. The predicted octanol–water partition coefficient (Wildman–Crippen LogP) is 5.24. The van der Waals surface area contributed by atoms with Gasteiger partial charge in [-0.15, -0.1) is 0 Å². The largest absolute Gasteiger partial charge is 0.490 e. The molecule has 0 aliphatic carbocycles. The first-order valence-corrected chi connectivity index (χ1v) is 11.8. The lowest BCUT2D eigenvalue weighted by molar-refractivity contribution is -0.192. The maximum absolute atomic E-state index is 10.6. The Morgan fingerprint density at radius 1 is 1.00 bits per heavy atom. The third-order valence-corrected chi connectivity index (χ3v) is 5.79. The molecule has 0 aliphatic rings. The van der Waals surface area contributed by atoms with Crippen LogP contribution in [-0.4, -0.2) is 49.6 Å². The molecule has 0 atom stereocenters. The van der Waals surface area contributed by atoms with E-state index in [4.69, 9.17) is 20.4 Å². The standard InChI is InChI=1S/C25H25N5O.C2HF3O2/c26-25-23-24(21-7-1-2-8-22(21)28-25)30(18-27-23)15-17-31-16-5-6-19-9-11-20(12-10-19)29-13-3-4-14-29;3-2(4,5)1(6)7/h1-4,7-14,18H,5-6,15-17H2,(H2,26,28);(H,6,7). The van der Waals surface area contributed by atoms with Gasteiger partial charge in [0.1, 0.15) is 5.52 Å². The van der Waals surface area contributed by atoms with Gasteiger partial charge >= 0.3 is 12.1 Å². The van der Waals surface area contributed by atoms with E-state index in [1.165, 1.54) is 11.3 Å². The van der Waals surface area contributed by atoms with Gasteiger partial charge in [-0.2, -0.15) is 13.2 Å². The molecule has 0 amide bonds. The number of halogens is 3. The van der Waals surface area contributed by atoms with E-state index in [1.807, 2.05) is 36.7 Å². The smallest absolute Gasteiger partial charge is 0.475 e. The number of para-hydroxylation sites is 1. The van der Waals surface area contributed by atoms with Crippen molar-refractivity contribution in [3.8, 4) is 5.69 Å². The van der Waals surface area contributed by atoms with Crippen LogP contribution in [0.1, 0.15) is 12.0 Å². The monoisotopic (exact) mass is 525 g/mol. The molecule has 5 aromatic rings. The summed E-state index contributed by atoms with van der Waals surface area (Å²) in [6.45, 7) is 2.10. The molecule has 0 saturated heterocycles. The average Bonchev–Trinajstić information content (AvgIpc) is 3.58. The number of pyridine rings is 1. The summed E-state index contributed by atoms with van der Waals surface area (Å²) in [7, 11) is 0. The van der Waals surface area contributed by atoms with Gasteiger partial charge in [0.05, 0.1) is 24.0 Å². The first kappa shape index (κ1) is 26.7. The van der Waals surface area contributed by atoms with Crippen LogP contribution in [0, 0.1) is 0 Å². The number of ether oxygens (including phenoxy) is 1. The number of rotatable bonds is 8.